The second kappa shape index (κ2) is 10.1. The largest absolute Gasteiger partial charge is 0.425 e. The average molecular weight is 425 g/mol. The molecular formula is C18H32O4Si4. The normalized spacial score (nSPS) is 31.1. The first-order chi connectivity index (χ1) is 12.4. The molecule has 1 fully saturated rings. The van der Waals surface area contributed by atoms with E-state index in [0.29, 0.717) is 5.92 Å². The molecule has 3 rings (SSSR count). The standard InChI is InChI=1S/C18H24.H8O4Si4/c1-12-13(2)15(4)18(6,16(5)14(12)3)17-10-8-7-9-11-17;1-5-2-7-4-8-3-6-1/h7-11,15H,1-6H3;5-8H2. The second-order valence-corrected chi connectivity index (χ2v) is 14.6. The first-order valence-corrected chi connectivity index (χ1v) is 13.7. The monoisotopic (exact) mass is 424 g/mol. The zero-order valence-corrected chi connectivity index (χ0v) is 22.6. The Morgan fingerprint density at radius 1 is 0.769 bits per heavy atom. The van der Waals surface area contributed by atoms with Crippen molar-refractivity contribution in [3.05, 3.63) is 58.2 Å². The fourth-order valence-electron chi connectivity index (χ4n) is 3.67. The van der Waals surface area contributed by atoms with Crippen LogP contribution >= 0.6 is 0 Å². The Hall–Kier alpha value is -0.592. The highest BCUT2D eigenvalue weighted by molar-refractivity contribution is 6.50. The molecule has 1 saturated heterocycles. The number of benzene rings is 1. The molecule has 0 aromatic heterocycles. The van der Waals surface area contributed by atoms with E-state index in [1.54, 1.807) is 0 Å². The summed E-state index contributed by atoms with van der Waals surface area (Å²) < 4.78 is 20.4. The van der Waals surface area contributed by atoms with Crippen molar-refractivity contribution >= 4 is 40.0 Å². The van der Waals surface area contributed by atoms with Gasteiger partial charge in [-0.15, -0.1) is 0 Å². The van der Waals surface area contributed by atoms with Gasteiger partial charge in [-0.05, 0) is 50.3 Å². The smallest absolute Gasteiger partial charge is 0.286 e. The van der Waals surface area contributed by atoms with Crippen molar-refractivity contribution in [1.82, 2.24) is 0 Å². The van der Waals surface area contributed by atoms with Crippen LogP contribution in [0.25, 0.3) is 0 Å². The van der Waals surface area contributed by atoms with Crippen molar-refractivity contribution in [2.45, 2.75) is 47.0 Å². The fraction of sp³-hybridized carbons (Fsp3) is 0.444. The number of hydrogen-bond donors (Lipinski definition) is 0. The van der Waals surface area contributed by atoms with Gasteiger partial charge in [0.1, 0.15) is 0 Å². The lowest BCUT2D eigenvalue weighted by Gasteiger charge is -2.43. The molecular weight excluding hydrogens is 393 g/mol. The van der Waals surface area contributed by atoms with E-state index < -0.39 is 40.0 Å². The van der Waals surface area contributed by atoms with E-state index in [4.69, 9.17) is 16.5 Å². The van der Waals surface area contributed by atoms with Gasteiger partial charge in [-0.1, -0.05) is 55.3 Å². The van der Waals surface area contributed by atoms with Gasteiger partial charge >= 0.3 is 0 Å². The van der Waals surface area contributed by atoms with Gasteiger partial charge in [-0.2, -0.15) is 0 Å². The quantitative estimate of drug-likeness (QED) is 0.637. The van der Waals surface area contributed by atoms with Gasteiger partial charge in [0, 0.05) is 5.41 Å². The van der Waals surface area contributed by atoms with Gasteiger partial charge in [0.05, 0.1) is 0 Å². The average Bonchev–Trinajstić information content (AvgIpc) is 2.64. The minimum atomic E-state index is -0.653. The topological polar surface area (TPSA) is 36.9 Å². The second-order valence-electron chi connectivity index (χ2n) is 7.14. The molecule has 2 atom stereocenters. The zero-order valence-electron chi connectivity index (χ0n) is 16.9. The first kappa shape index (κ1) is 21.7. The molecule has 0 amide bonds. The summed E-state index contributed by atoms with van der Waals surface area (Å²) in [4.78, 5) is 0. The molecule has 1 aliphatic carbocycles. The molecule has 2 aliphatic rings. The molecule has 8 heteroatoms. The third kappa shape index (κ3) is 4.81. The molecule has 1 heterocycles. The molecule has 2 unspecified atom stereocenters. The van der Waals surface area contributed by atoms with Gasteiger partial charge in [-0.3, -0.25) is 0 Å². The van der Waals surface area contributed by atoms with Crippen LogP contribution in [0.3, 0.4) is 0 Å². The highest BCUT2D eigenvalue weighted by Gasteiger charge is 2.39. The Labute approximate surface area is 167 Å². The van der Waals surface area contributed by atoms with E-state index in [2.05, 4.69) is 71.9 Å². The Morgan fingerprint density at radius 3 is 1.69 bits per heavy atom. The van der Waals surface area contributed by atoms with Gasteiger partial charge in [0.25, 0.3) is 40.0 Å². The molecule has 0 spiro atoms. The Kier molecular flexibility index (Phi) is 8.42. The van der Waals surface area contributed by atoms with Gasteiger partial charge in [0.15, 0.2) is 0 Å². The molecule has 0 bridgehead atoms. The van der Waals surface area contributed by atoms with Crippen LogP contribution in [0, 0.1) is 5.92 Å². The number of hydrogen-bond acceptors (Lipinski definition) is 4. The maximum absolute atomic E-state index is 5.10. The maximum Gasteiger partial charge on any atom is 0.286 e. The van der Waals surface area contributed by atoms with Crippen molar-refractivity contribution in [3.63, 3.8) is 0 Å². The molecule has 4 nitrogen and oxygen atoms in total. The van der Waals surface area contributed by atoms with Crippen LogP contribution in [0.2, 0.25) is 0 Å². The van der Waals surface area contributed by atoms with Gasteiger partial charge in [-0.25, -0.2) is 0 Å². The molecule has 0 N–H and O–H groups in total. The summed E-state index contributed by atoms with van der Waals surface area (Å²) in [5.74, 6) is 0.559. The van der Waals surface area contributed by atoms with E-state index in [-0.39, 0.29) is 5.41 Å². The lowest BCUT2D eigenvalue weighted by molar-refractivity contribution is 0.347. The van der Waals surface area contributed by atoms with E-state index in [1.165, 1.54) is 27.9 Å². The van der Waals surface area contributed by atoms with E-state index in [0.717, 1.165) is 0 Å². The summed E-state index contributed by atoms with van der Waals surface area (Å²) in [6.45, 7) is 13.9. The molecule has 1 aromatic rings. The molecule has 1 aromatic carbocycles. The molecule has 0 radical (unpaired) electrons. The van der Waals surface area contributed by atoms with Gasteiger partial charge < -0.3 is 16.5 Å². The minimum absolute atomic E-state index is 0.134. The van der Waals surface area contributed by atoms with Crippen LogP contribution in [0.15, 0.2) is 52.6 Å². The minimum Gasteiger partial charge on any atom is -0.425 e. The predicted octanol–water partition coefficient (Wildman–Crippen LogP) is 1.33. The van der Waals surface area contributed by atoms with Crippen LogP contribution in [0.1, 0.15) is 47.1 Å². The SMILES string of the molecule is CC1=C(C)C(C)C(C)(c2ccccc2)C(C)=C1C.O1[SiH2]O[SiH2]O[SiH2]O[SiH2]1. The maximum atomic E-state index is 5.10. The molecule has 1 aliphatic heterocycles. The van der Waals surface area contributed by atoms with Crippen molar-refractivity contribution in [2.75, 3.05) is 0 Å². The molecule has 0 saturated carbocycles. The molecule has 26 heavy (non-hydrogen) atoms. The number of allylic oxidation sites excluding steroid dienone is 4. The van der Waals surface area contributed by atoms with E-state index >= 15 is 0 Å². The Balaban J connectivity index is 0.000000254. The van der Waals surface area contributed by atoms with Crippen molar-refractivity contribution in [3.8, 4) is 0 Å². The van der Waals surface area contributed by atoms with Crippen LogP contribution in [0.4, 0.5) is 0 Å². The summed E-state index contributed by atoms with van der Waals surface area (Å²) in [6.07, 6.45) is 0. The van der Waals surface area contributed by atoms with E-state index in [1.807, 2.05) is 0 Å². The first-order valence-electron chi connectivity index (χ1n) is 9.12. The summed E-state index contributed by atoms with van der Waals surface area (Å²) in [7, 11) is -2.61. The predicted molar refractivity (Wildman–Crippen MR) is 118 cm³/mol. The third-order valence-corrected chi connectivity index (χ3v) is 11.4. The number of rotatable bonds is 1. The van der Waals surface area contributed by atoms with Crippen LogP contribution in [-0.2, 0) is 21.9 Å². The fourth-order valence-corrected chi connectivity index (χ4v) is 10.9. The lowest BCUT2D eigenvalue weighted by Crippen LogP contribution is -2.36. The molecule has 144 valence electrons. The van der Waals surface area contributed by atoms with Crippen LogP contribution in [0.5, 0.6) is 0 Å². The summed E-state index contributed by atoms with van der Waals surface area (Å²) in [5, 5.41) is 0. The van der Waals surface area contributed by atoms with Crippen LogP contribution < -0.4 is 0 Å². The summed E-state index contributed by atoms with van der Waals surface area (Å²) in [6, 6.07) is 10.9. The highest BCUT2D eigenvalue weighted by Crippen LogP contribution is 2.48. The Morgan fingerprint density at radius 2 is 1.23 bits per heavy atom. The van der Waals surface area contributed by atoms with Crippen molar-refractivity contribution in [1.29, 1.82) is 0 Å². The summed E-state index contributed by atoms with van der Waals surface area (Å²) in [5.41, 5.74) is 7.56. The van der Waals surface area contributed by atoms with Crippen molar-refractivity contribution < 1.29 is 16.5 Å². The third-order valence-electron chi connectivity index (χ3n) is 6.05. The van der Waals surface area contributed by atoms with Crippen molar-refractivity contribution in [2.24, 2.45) is 5.92 Å². The van der Waals surface area contributed by atoms with Gasteiger partial charge in [0.2, 0.25) is 0 Å². The Bertz CT molecular complexity index is 638. The lowest BCUT2D eigenvalue weighted by atomic mass is 9.60. The van der Waals surface area contributed by atoms with Crippen LogP contribution in [-0.4, -0.2) is 40.0 Å². The summed E-state index contributed by atoms with van der Waals surface area (Å²) >= 11 is 0. The zero-order chi connectivity index (χ0) is 19.2. The highest BCUT2D eigenvalue weighted by atomic mass is 28.4. The van der Waals surface area contributed by atoms with E-state index in [9.17, 15) is 0 Å².